The molecule has 2 saturated carbocycles. The van der Waals surface area contributed by atoms with Gasteiger partial charge in [-0.25, -0.2) is 22.0 Å². The van der Waals surface area contributed by atoms with Crippen molar-refractivity contribution < 1.29 is 35.1 Å². The largest absolute Gasteiger partial charge is 0.393 e. The minimum Gasteiger partial charge on any atom is -0.375 e. The molecule has 2 aliphatic carbocycles. The van der Waals surface area contributed by atoms with Crippen molar-refractivity contribution in [2.75, 3.05) is 75.0 Å². The van der Waals surface area contributed by atoms with Gasteiger partial charge in [0.1, 0.15) is 17.5 Å². The third-order valence-electron chi connectivity index (χ3n) is 17.6. The summed E-state index contributed by atoms with van der Waals surface area (Å²) in [5.41, 5.74) is -0.496. The van der Waals surface area contributed by atoms with Crippen molar-refractivity contribution in [3.8, 4) is 0 Å². The molecule has 0 aromatic carbocycles. The predicted molar refractivity (Wildman–Crippen MR) is 272 cm³/mol. The van der Waals surface area contributed by atoms with Crippen LogP contribution in [-0.4, -0.2) is 170 Å². The Hall–Kier alpha value is -1.22. The first-order chi connectivity index (χ1) is 31.3. The van der Waals surface area contributed by atoms with Gasteiger partial charge in [-0.2, -0.15) is 13.2 Å². The van der Waals surface area contributed by atoms with E-state index in [1.807, 2.05) is 53.7 Å². The van der Waals surface area contributed by atoms with E-state index >= 15 is 0 Å². The molecule has 0 aromatic heterocycles. The van der Waals surface area contributed by atoms with E-state index in [4.69, 9.17) is 0 Å². The van der Waals surface area contributed by atoms with Crippen LogP contribution in [0.3, 0.4) is 0 Å². The molecule has 0 aromatic rings. The van der Waals surface area contributed by atoms with E-state index in [1.165, 1.54) is 18.5 Å². The predicted octanol–water partition coefficient (Wildman–Crippen LogP) is 12.8. The maximum Gasteiger partial charge on any atom is 0.393 e. The van der Waals surface area contributed by atoms with Gasteiger partial charge in [0.05, 0.1) is 5.92 Å². The summed E-state index contributed by atoms with van der Waals surface area (Å²) in [4.78, 5) is 12.8. The molecule has 0 radical (unpaired) electrons. The Balaban J connectivity index is 0.000000220. The zero-order valence-corrected chi connectivity index (χ0v) is 47.1. The molecule has 13 atom stereocenters. The molecule has 8 aliphatic rings. The number of likely N-dealkylation sites (tertiary alicyclic amines) is 6. The summed E-state index contributed by atoms with van der Waals surface area (Å²) in [6, 6.07) is 2.43. The number of allylic oxidation sites excluding steroid dienone is 1. The topological polar surface area (TPSA) is 19.4 Å². The lowest BCUT2D eigenvalue weighted by molar-refractivity contribution is -0.170. The van der Waals surface area contributed by atoms with Gasteiger partial charge >= 0.3 is 6.18 Å². The Morgan fingerprint density at radius 1 is 0.565 bits per heavy atom. The molecule has 6 aliphatic heterocycles. The van der Waals surface area contributed by atoms with E-state index in [9.17, 15) is 35.1 Å². The molecule has 8 fully saturated rings. The van der Waals surface area contributed by atoms with Crippen LogP contribution < -0.4 is 0 Å². The van der Waals surface area contributed by atoms with Crippen LogP contribution in [0.2, 0.25) is 0 Å². The summed E-state index contributed by atoms with van der Waals surface area (Å²) in [5, 5.41) is 0. The molecular formula is C55H102F8N6. The number of nitrogens with zero attached hydrogens (tertiary/aromatic N) is 6. The number of hydrogen-bond donors (Lipinski definition) is 0. The number of halogens is 8. The van der Waals surface area contributed by atoms with E-state index in [0.717, 1.165) is 37.8 Å². The van der Waals surface area contributed by atoms with Crippen LogP contribution in [-0.2, 0) is 0 Å². The lowest BCUT2D eigenvalue weighted by Gasteiger charge is -2.27. The summed E-state index contributed by atoms with van der Waals surface area (Å²) in [7, 11) is 12.0. The summed E-state index contributed by atoms with van der Waals surface area (Å²) in [6.07, 6.45) is 1.43. The minimum atomic E-state index is -4.02. The molecule has 8 rings (SSSR count). The van der Waals surface area contributed by atoms with Gasteiger partial charge in [0.15, 0.2) is 0 Å². The van der Waals surface area contributed by atoms with E-state index in [0.29, 0.717) is 73.8 Å². The van der Waals surface area contributed by atoms with Gasteiger partial charge < -0.3 is 24.5 Å². The van der Waals surface area contributed by atoms with Crippen molar-refractivity contribution in [2.24, 2.45) is 58.7 Å². The van der Waals surface area contributed by atoms with Gasteiger partial charge in [0, 0.05) is 99.0 Å². The second kappa shape index (κ2) is 24.0. The van der Waals surface area contributed by atoms with Crippen molar-refractivity contribution in [3.05, 3.63) is 12.3 Å². The highest BCUT2D eigenvalue weighted by Gasteiger charge is 2.75. The van der Waals surface area contributed by atoms with Crippen molar-refractivity contribution in [2.45, 2.75) is 208 Å². The third kappa shape index (κ3) is 15.9. The quantitative estimate of drug-likeness (QED) is 0.245. The van der Waals surface area contributed by atoms with Crippen molar-refractivity contribution in [3.63, 3.8) is 0 Å². The van der Waals surface area contributed by atoms with E-state index in [2.05, 4.69) is 101 Å². The monoisotopic (exact) mass is 999 g/mol. The van der Waals surface area contributed by atoms with Crippen LogP contribution >= 0.6 is 0 Å². The molecule has 0 bridgehead atoms. The average Bonchev–Trinajstić information content (AvgIpc) is 3.73. The fraction of sp³-hybridized carbons (Fsp3) is 0.964. The smallest absolute Gasteiger partial charge is 0.375 e. The van der Waals surface area contributed by atoms with Gasteiger partial charge in [-0.15, -0.1) is 0 Å². The summed E-state index contributed by atoms with van der Waals surface area (Å²) >= 11 is 0. The van der Waals surface area contributed by atoms with Gasteiger partial charge in [0.2, 0.25) is 0 Å². The summed E-state index contributed by atoms with van der Waals surface area (Å²) in [5.74, 6) is -0.923. The Labute approximate surface area is 417 Å². The van der Waals surface area contributed by atoms with Gasteiger partial charge in [-0.05, 0) is 130 Å². The van der Waals surface area contributed by atoms with Crippen LogP contribution in [0.5, 0.6) is 0 Å². The van der Waals surface area contributed by atoms with E-state index in [1.54, 1.807) is 20.9 Å². The van der Waals surface area contributed by atoms with Gasteiger partial charge in [0.25, 0.3) is 5.92 Å². The van der Waals surface area contributed by atoms with Crippen LogP contribution in [0.1, 0.15) is 142 Å². The van der Waals surface area contributed by atoms with E-state index < -0.39 is 35.5 Å². The molecular weight excluding hydrogens is 897 g/mol. The second-order valence-electron chi connectivity index (χ2n) is 25.7. The number of hydrogen-bond acceptors (Lipinski definition) is 6. The highest BCUT2D eigenvalue weighted by atomic mass is 19.4. The molecule has 14 heteroatoms. The molecule has 13 unspecified atom stereocenters. The average molecular weight is 999 g/mol. The summed E-state index contributed by atoms with van der Waals surface area (Å²) in [6.45, 7) is 36.0. The lowest BCUT2D eigenvalue weighted by Crippen LogP contribution is -2.37. The van der Waals surface area contributed by atoms with Crippen LogP contribution in [0, 0.1) is 58.7 Å². The first-order valence-electron chi connectivity index (χ1n) is 26.7. The third-order valence-corrected chi connectivity index (χ3v) is 17.6. The van der Waals surface area contributed by atoms with Gasteiger partial charge in [-0.1, -0.05) is 89.7 Å². The lowest BCUT2D eigenvalue weighted by atomic mass is 9.94. The van der Waals surface area contributed by atoms with Crippen LogP contribution in [0.15, 0.2) is 12.3 Å². The molecule has 69 heavy (non-hydrogen) atoms. The molecule has 1 spiro atoms. The highest BCUT2D eigenvalue weighted by Crippen LogP contribution is 2.65. The SMILES string of the molecule is C=C1CCC(C(C)C)N1C.CC(C)C1C2C(CN1C)C2(F)F.CC(C)C1CC(C(F)(F)F)CN1C.CC(C)C1CC(C)(F)CN1C.CC(C)C1CC(F)CN1C.CC(C)C1CC2(CN1C)CC2(C)F. The molecule has 408 valence electrons. The maximum atomic E-state index is 13.7. The Bertz CT molecular complexity index is 1580. The maximum absolute atomic E-state index is 13.7. The first kappa shape index (κ1) is 62.1. The zero-order valence-electron chi connectivity index (χ0n) is 47.1. The number of rotatable bonds is 6. The normalized spacial score (nSPS) is 38.8. The fourth-order valence-corrected chi connectivity index (χ4v) is 13.3. The highest BCUT2D eigenvalue weighted by molar-refractivity contribution is 5.20. The molecule has 6 heterocycles. The second-order valence-corrected chi connectivity index (χ2v) is 25.7. The number of piperidine rings is 1. The molecule has 0 amide bonds. The van der Waals surface area contributed by atoms with Crippen molar-refractivity contribution in [1.29, 1.82) is 0 Å². The van der Waals surface area contributed by atoms with Crippen molar-refractivity contribution in [1.82, 2.24) is 29.4 Å². The van der Waals surface area contributed by atoms with Crippen LogP contribution in [0.4, 0.5) is 35.1 Å². The number of fused-ring (bicyclic) bond motifs is 1. The number of alkyl halides is 8. The Morgan fingerprint density at radius 3 is 1.25 bits per heavy atom. The molecule has 6 nitrogen and oxygen atoms in total. The fourth-order valence-electron chi connectivity index (χ4n) is 13.3. The van der Waals surface area contributed by atoms with E-state index in [-0.39, 0.29) is 42.3 Å². The standard InChI is InChI=1S/C11H20FN.C9H16F3N.C9H15F2N.C9H18FN.C9H17N.C8H16FN/c1-8(2)9-5-11(7-13(9)4)6-10(11,3)12;1-6(2)8-4-7(5-13(8)3)9(10,11)12;1-5(2)8-7-6(4-12(8)3)9(7,10)11;1-7(2)8-5-9(3,10)6-11(8)4;1-7(2)9-6-5-8(3)10(9)4;1-6(2)8-4-7(9)5-10(8)3/h8-9H,5-7H2,1-4H3;6-8H,4-5H2,1-3H3;5-8H,4H2,1-3H3;7-8H,5-6H2,1-4H3;7,9H,3,5-6H2,1-2,4H3;6-8H,4-5H2,1-3H3. The molecule has 6 saturated heterocycles. The zero-order chi connectivity index (χ0) is 53.3. The Kier molecular flexibility index (Phi) is 21.6. The van der Waals surface area contributed by atoms with Crippen LogP contribution in [0.25, 0.3) is 0 Å². The minimum absolute atomic E-state index is 0.0245. The Morgan fingerprint density at radius 2 is 1.01 bits per heavy atom. The van der Waals surface area contributed by atoms with Crippen molar-refractivity contribution >= 4 is 0 Å². The summed E-state index contributed by atoms with van der Waals surface area (Å²) < 4.78 is 103. The molecule has 0 N–H and O–H groups in total. The van der Waals surface area contributed by atoms with Gasteiger partial charge in [-0.3, -0.25) is 4.90 Å². The first-order valence-corrected chi connectivity index (χ1v) is 26.7.